The Labute approximate surface area is 92.2 Å². The summed E-state index contributed by atoms with van der Waals surface area (Å²) in [7, 11) is 0. The monoisotopic (exact) mass is 214 g/mol. The Morgan fingerprint density at radius 2 is 1.80 bits per heavy atom. The molecular formula is C12H22O3. The fourth-order valence-electron chi connectivity index (χ4n) is 1.11. The second-order valence-corrected chi connectivity index (χ2v) is 4.08. The van der Waals surface area contributed by atoms with Crippen LogP contribution in [0.25, 0.3) is 0 Å². The number of ketones is 1. The van der Waals surface area contributed by atoms with Gasteiger partial charge in [0.15, 0.2) is 0 Å². The Hall–Kier alpha value is -0.860. The number of hydrogen-bond acceptors (Lipinski definition) is 3. The van der Waals surface area contributed by atoms with Crippen molar-refractivity contribution in [2.24, 2.45) is 5.92 Å². The van der Waals surface area contributed by atoms with Gasteiger partial charge in [-0.1, -0.05) is 40.0 Å². The van der Waals surface area contributed by atoms with Gasteiger partial charge < -0.3 is 4.74 Å². The molecule has 0 N–H and O–H groups in total. The molecule has 0 fully saturated rings. The van der Waals surface area contributed by atoms with Crippen LogP contribution in [0.15, 0.2) is 0 Å². The quantitative estimate of drug-likeness (QED) is 0.354. The van der Waals surface area contributed by atoms with E-state index < -0.39 is 0 Å². The summed E-state index contributed by atoms with van der Waals surface area (Å²) in [6.07, 6.45) is 4.24. The average Bonchev–Trinajstić information content (AvgIpc) is 2.17. The minimum absolute atomic E-state index is 0.0476. The van der Waals surface area contributed by atoms with Gasteiger partial charge in [0.25, 0.3) is 0 Å². The van der Waals surface area contributed by atoms with Crippen molar-refractivity contribution < 1.29 is 14.3 Å². The van der Waals surface area contributed by atoms with Crippen molar-refractivity contribution in [3.05, 3.63) is 0 Å². The molecule has 0 aliphatic carbocycles. The molecule has 3 nitrogen and oxygen atoms in total. The van der Waals surface area contributed by atoms with E-state index in [4.69, 9.17) is 4.74 Å². The van der Waals surface area contributed by atoms with Crippen LogP contribution in [0.3, 0.4) is 0 Å². The van der Waals surface area contributed by atoms with E-state index in [-0.39, 0.29) is 24.1 Å². The fraction of sp³-hybridized carbons (Fsp3) is 0.833. The van der Waals surface area contributed by atoms with Gasteiger partial charge in [0.1, 0.15) is 12.2 Å². The van der Waals surface area contributed by atoms with E-state index in [1.165, 1.54) is 12.8 Å². The molecule has 88 valence electrons. The van der Waals surface area contributed by atoms with Crippen LogP contribution in [-0.4, -0.2) is 18.4 Å². The van der Waals surface area contributed by atoms with Crippen LogP contribution < -0.4 is 0 Å². The van der Waals surface area contributed by atoms with Crippen LogP contribution in [-0.2, 0) is 14.3 Å². The summed E-state index contributed by atoms with van der Waals surface area (Å²) in [5.74, 6) is -0.517. The molecular weight excluding hydrogens is 192 g/mol. The number of hydrogen-bond donors (Lipinski definition) is 0. The van der Waals surface area contributed by atoms with Crippen molar-refractivity contribution >= 4 is 11.8 Å². The topological polar surface area (TPSA) is 43.4 Å². The van der Waals surface area contributed by atoms with Gasteiger partial charge in [-0.2, -0.15) is 0 Å². The Bertz CT molecular complexity index is 197. The van der Waals surface area contributed by atoms with Gasteiger partial charge in [-0.15, -0.1) is 0 Å². The largest absolute Gasteiger partial charge is 0.465 e. The lowest BCUT2D eigenvalue weighted by Crippen LogP contribution is -2.15. The Balaban J connectivity index is 3.45. The Kier molecular flexibility index (Phi) is 7.96. The van der Waals surface area contributed by atoms with Crippen LogP contribution in [0.5, 0.6) is 0 Å². The molecule has 0 aliphatic heterocycles. The summed E-state index contributed by atoms with van der Waals surface area (Å²) in [5.41, 5.74) is 0. The molecule has 0 unspecified atom stereocenters. The molecule has 15 heavy (non-hydrogen) atoms. The highest BCUT2D eigenvalue weighted by Crippen LogP contribution is 2.02. The minimum atomic E-state index is -0.384. The van der Waals surface area contributed by atoms with Gasteiger partial charge in [-0.3, -0.25) is 9.59 Å². The van der Waals surface area contributed by atoms with Gasteiger partial charge >= 0.3 is 5.97 Å². The highest BCUT2D eigenvalue weighted by atomic mass is 16.5. The van der Waals surface area contributed by atoms with Crippen LogP contribution in [0.2, 0.25) is 0 Å². The second-order valence-electron chi connectivity index (χ2n) is 4.08. The first-order chi connectivity index (χ1) is 7.07. The smallest absolute Gasteiger partial charge is 0.313 e. The lowest BCUT2D eigenvalue weighted by molar-refractivity contribution is -0.146. The maximum absolute atomic E-state index is 11.2. The first-order valence-electron chi connectivity index (χ1n) is 5.76. The van der Waals surface area contributed by atoms with Crippen LogP contribution in [0.4, 0.5) is 0 Å². The number of carbonyl (C=O) groups is 2. The highest BCUT2D eigenvalue weighted by molar-refractivity contribution is 5.96. The summed E-state index contributed by atoms with van der Waals surface area (Å²) in [6.45, 7) is 6.16. The molecule has 0 aromatic heterocycles. The lowest BCUT2D eigenvalue weighted by atomic mass is 10.1. The number of ether oxygens (including phenoxy) is 1. The molecule has 3 heteroatoms. The molecule has 0 rings (SSSR count). The Morgan fingerprint density at radius 1 is 1.13 bits per heavy atom. The van der Waals surface area contributed by atoms with E-state index in [9.17, 15) is 9.59 Å². The Morgan fingerprint density at radius 3 is 2.33 bits per heavy atom. The van der Waals surface area contributed by atoms with Crippen LogP contribution >= 0.6 is 0 Å². The third kappa shape index (κ3) is 8.16. The first kappa shape index (κ1) is 14.1. The van der Waals surface area contributed by atoms with E-state index in [0.717, 1.165) is 12.8 Å². The second kappa shape index (κ2) is 8.45. The van der Waals surface area contributed by atoms with Crippen molar-refractivity contribution in [2.75, 3.05) is 6.61 Å². The van der Waals surface area contributed by atoms with E-state index in [2.05, 4.69) is 6.92 Å². The van der Waals surface area contributed by atoms with E-state index in [0.29, 0.717) is 6.61 Å². The summed E-state index contributed by atoms with van der Waals surface area (Å²) in [4.78, 5) is 22.3. The maximum atomic E-state index is 11.2. The molecule has 0 aromatic carbocycles. The standard InChI is InChI=1S/C12H22O3/c1-4-5-6-7-8-15-12(14)9-11(13)10(2)3/h10H,4-9H2,1-3H3. The zero-order valence-electron chi connectivity index (χ0n) is 10.0. The molecule has 0 atom stereocenters. The molecule has 0 radical (unpaired) electrons. The number of unbranched alkanes of at least 4 members (excludes halogenated alkanes) is 3. The molecule has 0 amide bonds. The summed E-state index contributed by atoms with van der Waals surface area (Å²) >= 11 is 0. The van der Waals surface area contributed by atoms with Gasteiger partial charge in [0.2, 0.25) is 0 Å². The van der Waals surface area contributed by atoms with Crippen molar-refractivity contribution in [3.63, 3.8) is 0 Å². The summed E-state index contributed by atoms with van der Waals surface area (Å²) in [6, 6.07) is 0. The highest BCUT2D eigenvalue weighted by Gasteiger charge is 2.13. The third-order valence-electron chi connectivity index (χ3n) is 2.22. The number of rotatable bonds is 8. The average molecular weight is 214 g/mol. The van der Waals surface area contributed by atoms with Crippen LogP contribution in [0, 0.1) is 5.92 Å². The predicted molar refractivity (Wildman–Crippen MR) is 59.6 cm³/mol. The van der Waals surface area contributed by atoms with Gasteiger partial charge in [0, 0.05) is 5.92 Å². The van der Waals surface area contributed by atoms with Crippen molar-refractivity contribution in [1.82, 2.24) is 0 Å². The number of esters is 1. The normalized spacial score (nSPS) is 10.4. The molecule has 0 heterocycles. The molecule has 0 bridgehead atoms. The first-order valence-corrected chi connectivity index (χ1v) is 5.76. The summed E-state index contributed by atoms with van der Waals surface area (Å²) < 4.78 is 4.95. The van der Waals surface area contributed by atoms with E-state index in [1.807, 2.05) is 0 Å². The maximum Gasteiger partial charge on any atom is 0.313 e. The predicted octanol–water partition coefficient (Wildman–Crippen LogP) is 2.73. The van der Waals surface area contributed by atoms with Crippen molar-refractivity contribution in [1.29, 1.82) is 0 Å². The zero-order chi connectivity index (χ0) is 11.7. The SMILES string of the molecule is CCCCCCOC(=O)CC(=O)C(C)C. The third-order valence-corrected chi connectivity index (χ3v) is 2.22. The van der Waals surface area contributed by atoms with Gasteiger partial charge in [-0.25, -0.2) is 0 Å². The lowest BCUT2D eigenvalue weighted by Gasteiger charge is -2.05. The van der Waals surface area contributed by atoms with E-state index >= 15 is 0 Å². The molecule has 0 saturated heterocycles. The van der Waals surface area contributed by atoms with E-state index in [1.54, 1.807) is 13.8 Å². The number of Topliss-reactive ketones (excluding diaryl/α,β-unsaturated/α-hetero) is 1. The van der Waals surface area contributed by atoms with Gasteiger partial charge in [-0.05, 0) is 6.42 Å². The molecule has 0 spiro atoms. The van der Waals surface area contributed by atoms with Gasteiger partial charge in [0.05, 0.1) is 6.61 Å². The summed E-state index contributed by atoms with van der Waals surface area (Å²) in [5, 5.41) is 0. The van der Waals surface area contributed by atoms with Crippen LogP contribution in [0.1, 0.15) is 52.9 Å². The number of carbonyl (C=O) groups excluding carboxylic acids is 2. The zero-order valence-corrected chi connectivity index (χ0v) is 10.0. The van der Waals surface area contributed by atoms with Crippen molar-refractivity contribution in [2.45, 2.75) is 52.9 Å². The fourth-order valence-corrected chi connectivity index (χ4v) is 1.11. The molecule has 0 aromatic rings. The molecule has 0 saturated carbocycles. The molecule has 0 aliphatic rings. The minimum Gasteiger partial charge on any atom is -0.465 e. The van der Waals surface area contributed by atoms with Crippen molar-refractivity contribution in [3.8, 4) is 0 Å².